The number of benzene rings is 4. The van der Waals surface area contributed by atoms with Gasteiger partial charge in [0, 0.05) is 12.5 Å². The van der Waals surface area contributed by atoms with Crippen LogP contribution in [0.5, 0.6) is 5.75 Å². The number of rotatable bonds is 11. The molecule has 36 heavy (non-hydrogen) atoms. The van der Waals surface area contributed by atoms with Gasteiger partial charge in [-0.1, -0.05) is 78.9 Å². The minimum atomic E-state index is 0.148. The summed E-state index contributed by atoms with van der Waals surface area (Å²) in [6, 6.07) is 34.0. The van der Waals surface area contributed by atoms with E-state index in [4.69, 9.17) is 14.2 Å². The Bertz CT molecular complexity index is 1210. The molecule has 0 unspecified atom stereocenters. The number of ether oxygens (including phenoxy) is 3. The predicted molar refractivity (Wildman–Crippen MR) is 146 cm³/mol. The minimum absolute atomic E-state index is 0.148. The van der Waals surface area contributed by atoms with Crippen molar-refractivity contribution in [2.24, 2.45) is 0 Å². The molecule has 4 nitrogen and oxygen atoms in total. The van der Waals surface area contributed by atoms with E-state index < -0.39 is 0 Å². The molecule has 0 amide bonds. The fourth-order valence-corrected chi connectivity index (χ4v) is 4.88. The van der Waals surface area contributed by atoms with Crippen LogP contribution in [0.1, 0.15) is 29.0 Å². The molecule has 1 N–H and O–H groups in total. The Morgan fingerprint density at radius 1 is 0.722 bits per heavy atom. The number of hydrogen-bond acceptors (Lipinski definition) is 4. The Hall–Kier alpha value is -3.18. The summed E-state index contributed by atoms with van der Waals surface area (Å²) in [4.78, 5) is 0. The van der Waals surface area contributed by atoms with Crippen LogP contribution in [0, 0.1) is 0 Å². The molecular formula is C32H35NO3. The number of hydrogen-bond donors (Lipinski definition) is 1. The van der Waals surface area contributed by atoms with E-state index in [0.29, 0.717) is 32.3 Å². The summed E-state index contributed by atoms with van der Waals surface area (Å²) in [7, 11) is 0. The van der Waals surface area contributed by atoms with E-state index in [1.54, 1.807) is 0 Å². The van der Waals surface area contributed by atoms with Crippen LogP contribution in [0.4, 0.5) is 0 Å². The molecule has 1 heterocycles. The highest BCUT2D eigenvalue weighted by molar-refractivity contribution is 5.82. The van der Waals surface area contributed by atoms with E-state index in [1.807, 2.05) is 6.07 Å². The molecule has 0 aliphatic carbocycles. The van der Waals surface area contributed by atoms with Gasteiger partial charge in [0.1, 0.15) is 12.4 Å². The first-order chi connectivity index (χ1) is 17.8. The van der Waals surface area contributed by atoms with Crippen LogP contribution in [0.3, 0.4) is 0 Å². The van der Waals surface area contributed by atoms with Crippen molar-refractivity contribution < 1.29 is 14.2 Å². The lowest BCUT2D eigenvalue weighted by Gasteiger charge is -2.32. The topological polar surface area (TPSA) is 39.7 Å². The van der Waals surface area contributed by atoms with Crippen molar-refractivity contribution in [3.63, 3.8) is 0 Å². The molecule has 0 saturated carbocycles. The van der Waals surface area contributed by atoms with Crippen molar-refractivity contribution in [3.8, 4) is 5.75 Å². The fraction of sp³-hybridized carbons (Fsp3) is 0.312. The van der Waals surface area contributed by atoms with Crippen molar-refractivity contribution in [2.75, 3.05) is 32.9 Å². The van der Waals surface area contributed by atoms with Crippen LogP contribution >= 0.6 is 0 Å². The van der Waals surface area contributed by atoms with Gasteiger partial charge in [-0.3, -0.25) is 0 Å². The highest BCUT2D eigenvalue weighted by atomic mass is 16.5. The van der Waals surface area contributed by atoms with E-state index >= 15 is 0 Å². The molecule has 4 aromatic carbocycles. The van der Waals surface area contributed by atoms with Crippen molar-refractivity contribution in [2.45, 2.75) is 31.5 Å². The van der Waals surface area contributed by atoms with E-state index in [-0.39, 0.29) is 6.10 Å². The monoisotopic (exact) mass is 481 g/mol. The predicted octanol–water partition coefficient (Wildman–Crippen LogP) is 6.14. The Balaban J connectivity index is 1.09. The van der Waals surface area contributed by atoms with E-state index in [1.165, 1.54) is 27.5 Å². The molecule has 0 aromatic heterocycles. The second-order valence-electron chi connectivity index (χ2n) is 9.40. The zero-order valence-corrected chi connectivity index (χ0v) is 20.8. The molecule has 0 bridgehead atoms. The normalized spacial score (nSPS) is 17.8. The van der Waals surface area contributed by atoms with Gasteiger partial charge in [0.15, 0.2) is 0 Å². The highest BCUT2D eigenvalue weighted by Crippen LogP contribution is 2.30. The Morgan fingerprint density at radius 2 is 1.53 bits per heavy atom. The summed E-state index contributed by atoms with van der Waals surface area (Å²) < 4.78 is 18.1. The first kappa shape index (κ1) is 24.5. The summed E-state index contributed by atoms with van der Waals surface area (Å²) in [6.45, 7) is 4.37. The molecule has 5 rings (SSSR count). The molecule has 0 spiro atoms. The lowest BCUT2D eigenvalue weighted by atomic mass is 9.87. The van der Waals surface area contributed by atoms with Gasteiger partial charge in [-0.2, -0.15) is 0 Å². The van der Waals surface area contributed by atoms with E-state index in [2.05, 4.69) is 96.3 Å². The highest BCUT2D eigenvalue weighted by Gasteiger charge is 2.27. The lowest BCUT2D eigenvalue weighted by Crippen LogP contribution is -2.40. The van der Waals surface area contributed by atoms with Crippen molar-refractivity contribution >= 4 is 10.8 Å². The van der Waals surface area contributed by atoms with Crippen LogP contribution in [0.15, 0.2) is 97.1 Å². The molecule has 4 heteroatoms. The molecule has 0 radical (unpaired) electrons. The first-order valence-corrected chi connectivity index (χ1v) is 13.0. The average molecular weight is 482 g/mol. The Labute approximate surface area is 214 Å². The molecule has 1 fully saturated rings. The fourth-order valence-electron chi connectivity index (χ4n) is 4.88. The van der Waals surface area contributed by atoms with Gasteiger partial charge in [0.05, 0.1) is 25.9 Å². The van der Waals surface area contributed by atoms with Crippen molar-refractivity contribution in [1.29, 1.82) is 0 Å². The summed E-state index contributed by atoms with van der Waals surface area (Å²) >= 11 is 0. The number of piperidine rings is 1. The summed E-state index contributed by atoms with van der Waals surface area (Å²) in [5.74, 6) is 1.26. The minimum Gasteiger partial charge on any atom is -0.491 e. The number of nitrogens with one attached hydrogen (secondary N) is 1. The van der Waals surface area contributed by atoms with Gasteiger partial charge in [0.2, 0.25) is 0 Å². The van der Waals surface area contributed by atoms with Crippen molar-refractivity contribution in [1.82, 2.24) is 5.32 Å². The summed E-state index contributed by atoms with van der Waals surface area (Å²) in [5, 5.41) is 6.03. The molecule has 4 aromatic rings. The third kappa shape index (κ3) is 6.73. The van der Waals surface area contributed by atoms with Gasteiger partial charge < -0.3 is 19.5 Å². The van der Waals surface area contributed by atoms with Crippen LogP contribution in [-0.4, -0.2) is 39.0 Å². The third-order valence-electron chi connectivity index (χ3n) is 6.89. The maximum atomic E-state index is 6.44. The van der Waals surface area contributed by atoms with Gasteiger partial charge >= 0.3 is 0 Å². The second-order valence-corrected chi connectivity index (χ2v) is 9.40. The van der Waals surface area contributed by atoms with Gasteiger partial charge in [-0.15, -0.1) is 0 Å². The SMILES string of the molecule is c1ccc(CCOCCOc2ccc([C@@H]3CCNC[C@H]3OCc3ccc4ccccc4c3)cc2)cc1. The Morgan fingerprint density at radius 3 is 2.39 bits per heavy atom. The summed E-state index contributed by atoms with van der Waals surface area (Å²) in [6.07, 6.45) is 2.14. The lowest BCUT2D eigenvalue weighted by molar-refractivity contribution is 0.0106. The molecular weight excluding hydrogens is 446 g/mol. The first-order valence-electron chi connectivity index (χ1n) is 13.0. The second kappa shape index (κ2) is 12.7. The summed E-state index contributed by atoms with van der Waals surface area (Å²) in [5.41, 5.74) is 3.82. The van der Waals surface area contributed by atoms with E-state index in [0.717, 1.165) is 31.7 Å². The van der Waals surface area contributed by atoms with Crippen LogP contribution in [0.2, 0.25) is 0 Å². The molecule has 2 atom stereocenters. The van der Waals surface area contributed by atoms with Crippen LogP contribution < -0.4 is 10.1 Å². The van der Waals surface area contributed by atoms with Gasteiger partial charge in [-0.25, -0.2) is 0 Å². The third-order valence-corrected chi connectivity index (χ3v) is 6.89. The standard InChI is InChI=1S/C32H35NO3/c1-2-6-25(7-3-1)17-19-34-20-21-35-30-14-12-28(13-15-30)31-16-18-33-23-32(31)36-24-26-10-11-27-8-4-5-9-29(27)22-26/h1-15,22,31-33H,16-21,23-24H2/t31-,32+/m0/s1. The van der Waals surface area contributed by atoms with Crippen LogP contribution in [-0.2, 0) is 22.5 Å². The maximum absolute atomic E-state index is 6.44. The molecule has 186 valence electrons. The molecule has 1 saturated heterocycles. The number of fused-ring (bicyclic) bond motifs is 1. The van der Waals surface area contributed by atoms with Crippen molar-refractivity contribution in [3.05, 3.63) is 114 Å². The zero-order valence-electron chi connectivity index (χ0n) is 20.8. The van der Waals surface area contributed by atoms with Gasteiger partial charge in [-0.05, 0) is 65.0 Å². The smallest absolute Gasteiger partial charge is 0.119 e. The Kier molecular flexibility index (Phi) is 8.63. The molecule has 1 aliphatic rings. The quantitative estimate of drug-likeness (QED) is 0.261. The molecule has 1 aliphatic heterocycles. The average Bonchev–Trinajstić information content (AvgIpc) is 2.95. The maximum Gasteiger partial charge on any atom is 0.119 e. The largest absolute Gasteiger partial charge is 0.491 e. The van der Waals surface area contributed by atoms with E-state index in [9.17, 15) is 0 Å². The zero-order chi connectivity index (χ0) is 24.4. The van der Waals surface area contributed by atoms with Crippen LogP contribution in [0.25, 0.3) is 10.8 Å². The van der Waals surface area contributed by atoms with Gasteiger partial charge in [0.25, 0.3) is 0 Å².